The number of likely N-dealkylation sites (N-methyl/N-ethyl adjacent to an activating group) is 1. The highest BCUT2D eigenvalue weighted by molar-refractivity contribution is 6.03. The lowest BCUT2D eigenvalue weighted by atomic mass is 9.96. The monoisotopic (exact) mass is 644 g/mol. The summed E-state index contributed by atoms with van der Waals surface area (Å²) >= 11 is 0. The molecule has 2 saturated heterocycles. The highest BCUT2D eigenvalue weighted by atomic mass is 19.1. The number of amides is 1. The van der Waals surface area contributed by atoms with Crippen LogP contribution in [0, 0.1) is 24.0 Å². The third-order valence-electron chi connectivity index (χ3n) is 9.16. The Bertz CT molecular complexity index is 1930. The fourth-order valence-corrected chi connectivity index (χ4v) is 6.58. The number of aromatic nitrogens is 3. The van der Waals surface area contributed by atoms with Gasteiger partial charge < -0.3 is 20.1 Å². The Morgan fingerprint density at radius 2 is 2.09 bits per heavy atom. The summed E-state index contributed by atoms with van der Waals surface area (Å²) in [4.78, 5) is 29.6. The van der Waals surface area contributed by atoms with Crippen LogP contribution in [0.25, 0.3) is 32.9 Å². The minimum atomic E-state index is -1.01. The van der Waals surface area contributed by atoms with E-state index in [1.807, 2.05) is 23.8 Å². The number of nitrogens with zero attached hydrogens (tertiary/aromatic N) is 5. The van der Waals surface area contributed by atoms with Crippen LogP contribution in [0.15, 0.2) is 43.1 Å². The van der Waals surface area contributed by atoms with Crippen molar-refractivity contribution in [3.8, 4) is 35.4 Å². The van der Waals surface area contributed by atoms with Crippen molar-refractivity contribution in [2.45, 2.75) is 50.4 Å². The first-order valence-corrected chi connectivity index (χ1v) is 15.5. The zero-order valence-electron chi connectivity index (χ0n) is 26.2. The van der Waals surface area contributed by atoms with Crippen LogP contribution in [0.2, 0.25) is 0 Å². The summed E-state index contributed by atoms with van der Waals surface area (Å²) < 4.78 is 52.0. The summed E-state index contributed by atoms with van der Waals surface area (Å²) in [7, 11) is 1.81. The summed E-state index contributed by atoms with van der Waals surface area (Å²) in [5.41, 5.74) is -0.965. The first-order valence-electron chi connectivity index (χ1n) is 15.5. The Labute approximate surface area is 270 Å². The number of hydrogen-bond donors (Lipinski definition) is 2. The Morgan fingerprint density at radius 3 is 2.81 bits per heavy atom. The number of terminal acetylenes is 1. The number of fused-ring (bicyclic) bond motifs is 2. The number of anilines is 1. The summed E-state index contributed by atoms with van der Waals surface area (Å²) in [6, 6.07) is 4.99. The number of halogens is 3. The lowest BCUT2D eigenvalue weighted by Gasteiger charge is -2.31. The second-order valence-electron chi connectivity index (χ2n) is 12.5. The van der Waals surface area contributed by atoms with Crippen molar-refractivity contribution in [3.05, 3.63) is 60.3 Å². The van der Waals surface area contributed by atoms with Gasteiger partial charge in [-0.15, -0.1) is 6.42 Å². The Balaban J connectivity index is 1.51. The van der Waals surface area contributed by atoms with Gasteiger partial charge in [0.05, 0.1) is 16.5 Å². The number of hydrogen-bond acceptors (Lipinski definition) is 8. The number of carbonyl (C=O) groups is 1. The van der Waals surface area contributed by atoms with Gasteiger partial charge in [0.2, 0.25) is 5.91 Å². The van der Waals surface area contributed by atoms with Crippen molar-refractivity contribution in [2.24, 2.45) is 0 Å². The van der Waals surface area contributed by atoms with Gasteiger partial charge in [-0.25, -0.2) is 13.2 Å². The van der Waals surface area contributed by atoms with Crippen LogP contribution in [0.1, 0.15) is 38.2 Å². The molecule has 0 bridgehead atoms. The second-order valence-corrected chi connectivity index (χ2v) is 12.5. The van der Waals surface area contributed by atoms with E-state index in [0.29, 0.717) is 24.3 Å². The Kier molecular flexibility index (Phi) is 8.68. The molecule has 4 heterocycles. The zero-order valence-corrected chi connectivity index (χ0v) is 26.2. The number of alkyl halides is 1. The number of rotatable bonds is 7. The van der Waals surface area contributed by atoms with Gasteiger partial charge in [-0.05, 0) is 62.9 Å². The van der Waals surface area contributed by atoms with Gasteiger partial charge in [-0.3, -0.25) is 14.7 Å². The molecule has 0 saturated carbocycles. The van der Waals surface area contributed by atoms with Crippen LogP contribution >= 0.6 is 0 Å². The lowest BCUT2D eigenvalue weighted by molar-refractivity contribution is -0.117. The van der Waals surface area contributed by atoms with Gasteiger partial charge in [-0.1, -0.05) is 18.6 Å². The zero-order chi connectivity index (χ0) is 33.5. The number of aromatic hydroxyl groups is 1. The average Bonchev–Trinajstić information content (AvgIpc) is 3.17. The van der Waals surface area contributed by atoms with Crippen LogP contribution < -0.4 is 15.0 Å². The third kappa shape index (κ3) is 6.15. The first-order chi connectivity index (χ1) is 22.5. The molecule has 2 aliphatic heterocycles. The van der Waals surface area contributed by atoms with Crippen molar-refractivity contribution >= 4 is 33.4 Å². The summed E-state index contributed by atoms with van der Waals surface area (Å²) in [6.07, 6.45) is 9.90. The summed E-state index contributed by atoms with van der Waals surface area (Å²) in [5, 5.41) is 14.4. The van der Waals surface area contributed by atoms with Crippen molar-refractivity contribution in [1.29, 1.82) is 0 Å². The SMILES string of the molecule is C#Cc1c(F)ccc2cc(O)cc(-c3ncc4c(N5CCCCC(NC(=O)C=C)C5)nc(OC[C@]5(C)C[C@@H](F)CN5C)nc4c3F)c12. The molecule has 6 rings (SSSR count). The minimum absolute atomic E-state index is 0.0500. The fraction of sp³-hybridized carbons (Fsp3) is 0.371. The molecule has 12 heteroatoms. The largest absolute Gasteiger partial charge is 0.508 e. The molecule has 1 amide bonds. The predicted molar refractivity (Wildman–Crippen MR) is 174 cm³/mol. The Hall–Kier alpha value is -4.89. The van der Waals surface area contributed by atoms with Crippen LogP contribution in [-0.4, -0.2) is 81.9 Å². The lowest BCUT2D eigenvalue weighted by Crippen LogP contribution is -2.43. The molecule has 47 heavy (non-hydrogen) atoms. The van der Waals surface area contributed by atoms with E-state index in [0.717, 1.165) is 19.3 Å². The maximum atomic E-state index is 16.8. The van der Waals surface area contributed by atoms with Gasteiger partial charge in [-0.2, -0.15) is 9.97 Å². The van der Waals surface area contributed by atoms with Crippen molar-refractivity contribution in [3.63, 3.8) is 0 Å². The molecular formula is C35H35F3N6O3. The van der Waals surface area contributed by atoms with E-state index in [-0.39, 0.29) is 76.4 Å². The Morgan fingerprint density at radius 1 is 1.28 bits per heavy atom. The molecule has 2 aromatic heterocycles. The minimum Gasteiger partial charge on any atom is -0.508 e. The molecule has 4 aromatic rings. The maximum Gasteiger partial charge on any atom is 0.319 e. The van der Waals surface area contributed by atoms with Gasteiger partial charge in [0.25, 0.3) is 0 Å². The standard InChI is InChI=1S/C35H35F3N6O3/c1-5-24-27(37)11-10-20-13-23(45)14-25(29(20)24)31-30(38)32-26(16-39-31)33(44-12-8-7-9-22(18-44)40-28(46)6-2)42-34(41-32)47-19-35(3)15-21(36)17-43(35)4/h1,6,10-11,13-14,16,21-22,45H,2,7-9,12,15,17-19H2,3-4H3,(H,40,46)/t21-,22?,35+/m1/s1. The molecule has 3 atom stereocenters. The second kappa shape index (κ2) is 12.7. The van der Waals surface area contributed by atoms with E-state index in [4.69, 9.17) is 16.1 Å². The summed E-state index contributed by atoms with van der Waals surface area (Å²) in [5.74, 6) is 0.684. The fourth-order valence-electron chi connectivity index (χ4n) is 6.58. The molecule has 244 valence electrons. The van der Waals surface area contributed by atoms with Gasteiger partial charge in [0.15, 0.2) is 5.82 Å². The number of phenolic OH excluding ortho intramolecular Hbond substituents is 1. The number of benzene rings is 2. The predicted octanol–water partition coefficient (Wildman–Crippen LogP) is 5.28. The molecule has 2 aromatic carbocycles. The number of pyridine rings is 1. The normalized spacial score (nSPS) is 21.8. The van der Waals surface area contributed by atoms with Gasteiger partial charge in [0, 0.05) is 49.2 Å². The molecule has 2 fully saturated rings. The van der Waals surface area contributed by atoms with Crippen LogP contribution in [0.5, 0.6) is 11.8 Å². The van der Waals surface area contributed by atoms with E-state index >= 15 is 4.39 Å². The topological polar surface area (TPSA) is 104 Å². The van der Waals surface area contributed by atoms with E-state index in [9.17, 15) is 18.7 Å². The molecule has 0 aliphatic carbocycles. The van der Waals surface area contributed by atoms with Gasteiger partial charge >= 0.3 is 6.01 Å². The molecule has 2 aliphatic rings. The van der Waals surface area contributed by atoms with E-state index in [1.54, 1.807) is 0 Å². The number of phenols is 1. The molecule has 0 radical (unpaired) electrons. The molecule has 0 spiro atoms. The van der Waals surface area contributed by atoms with Crippen molar-refractivity contribution < 1.29 is 27.8 Å². The van der Waals surface area contributed by atoms with Crippen LogP contribution in [0.3, 0.4) is 0 Å². The number of nitrogens with one attached hydrogen (secondary N) is 1. The smallest absolute Gasteiger partial charge is 0.319 e. The average molecular weight is 645 g/mol. The summed E-state index contributed by atoms with van der Waals surface area (Å²) in [6.45, 7) is 6.67. The molecule has 1 unspecified atom stereocenters. The van der Waals surface area contributed by atoms with E-state index in [2.05, 4.69) is 27.8 Å². The first kappa shape index (κ1) is 32.1. The van der Waals surface area contributed by atoms with E-state index in [1.165, 1.54) is 36.5 Å². The number of ether oxygens (including phenoxy) is 1. The van der Waals surface area contributed by atoms with Gasteiger partial charge in [0.1, 0.15) is 41.4 Å². The number of carbonyl (C=O) groups excluding carboxylic acids is 1. The van der Waals surface area contributed by atoms with E-state index < -0.39 is 23.3 Å². The number of likely N-dealkylation sites (tertiary alicyclic amines) is 1. The molecule has 9 nitrogen and oxygen atoms in total. The van der Waals surface area contributed by atoms with Crippen molar-refractivity contribution in [2.75, 3.05) is 38.2 Å². The molecule has 2 N–H and O–H groups in total. The highest BCUT2D eigenvalue weighted by Crippen LogP contribution is 2.39. The van der Waals surface area contributed by atoms with Crippen molar-refractivity contribution in [1.82, 2.24) is 25.2 Å². The highest BCUT2D eigenvalue weighted by Gasteiger charge is 2.41. The quantitative estimate of drug-likeness (QED) is 0.207. The third-order valence-corrected chi connectivity index (χ3v) is 9.16. The maximum absolute atomic E-state index is 16.8. The van der Waals surface area contributed by atoms with Crippen LogP contribution in [-0.2, 0) is 4.79 Å². The van der Waals surface area contributed by atoms with Crippen LogP contribution in [0.4, 0.5) is 19.0 Å². The molecular weight excluding hydrogens is 609 g/mol.